The fourth-order valence-electron chi connectivity index (χ4n) is 2.30. The third kappa shape index (κ3) is 6.15. The predicted octanol–water partition coefficient (Wildman–Crippen LogP) is 0.570. The molecule has 1 aliphatic rings. The van der Waals surface area contributed by atoms with Gasteiger partial charge in [-0.3, -0.25) is 14.4 Å². The van der Waals surface area contributed by atoms with Crippen molar-refractivity contribution in [3.8, 4) is 0 Å². The third-order valence-corrected chi connectivity index (χ3v) is 5.85. The average molecular weight is 423 g/mol. The molecule has 1 aromatic rings. The van der Waals surface area contributed by atoms with Crippen LogP contribution in [0.3, 0.4) is 0 Å². The highest BCUT2D eigenvalue weighted by Gasteiger charge is 2.29. The maximum Gasteiger partial charge on any atom is 0.325 e. The van der Waals surface area contributed by atoms with E-state index in [0.717, 1.165) is 0 Å². The van der Waals surface area contributed by atoms with Gasteiger partial charge >= 0.3 is 5.97 Å². The van der Waals surface area contributed by atoms with E-state index in [4.69, 9.17) is 27.9 Å². The quantitative estimate of drug-likeness (QED) is 0.646. The van der Waals surface area contributed by atoms with Crippen LogP contribution in [-0.4, -0.2) is 56.9 Å². The topological polar surface area (TPSA) is 119 Å². The summed E-state index contributed by atoms with van der Waals surface area (Å²) in [6, 6.07) is 3.81. The van der Waals surface area contributed by atoms with Crippen molar-refractivity contribution >= 4 is 50.8 Å². The molecule has 2 rings (SSSR count). The molecule has 0 bridgehead atoms. The summed E-state index contributed by atoms with van der Waals surface area (Å²) in [5.74, 6) is -2.11. The lowest BCUT2D eigenvalue weighted by Gasteiger charge is -2.11. The van der Waals surface area contributed by atoms with Gasteiger partial charge in [-0.25, -0.2) is 8.42 Å². The Morgan fingerprint density at radius 3 is 2.58 bits per heavy atom. The van der Waals surface area contributed by atoms with Crippen LogP contribution in [0.15, 0.2) is 18.2 Å². The minimum atomic E-state index is -3.11. The van der Waals surface area contributed by atoms with Crippen LogP contribution in [0.1, 0.15) is 16.8 Å². The van der Waals surface area contributed by atoms with E-state index in [0.29, 0.717) is 11.4 Å². The zero-order valence-corrected chi connectivity index (χ0v) is 15.8. The highest BCUT2D eigenvalue weighted by atomic mass is 35.5. The molecular weight excluding hydrogens is 407 g/mol. The van der Waals surface area contributed by atoms with E-state index >= 15 is 0 Å². The van der Waals surface area contributed by atoms with Gasteiger partial charge in [-0.1, -0.05) is 23.2 Å². The van der Waals surface area contributed by atoms with E-state index in [1.54, 1.807) is 0 Å². The molecule has 8 nitrogen and oxygen atoms in total. The van der Waals surface area contributed by atoms with Gasteiger partial charge in [0, 0.05) is 11.1 Å². The Morgan fingerprint density at radius 1 is 1.23 bits per heavy atom. The molecule has 0 saturated carbocycles. The number of ether oxygens (including phenoxy) is 1. The molecule has 1 heterocycles. The second-order valence-electron chi connectivity index (χ2n) is 5.64. The van der Waals surface area contributed by atoms with Crippen molar-refractivity contribution in [2.24, 2.45) is 0 Å². The SMILES string of the molecule is O=C(COC(=O)CNC(=O)c1ccc(Cl)cc1Cl)N[C@H]1CCS(=O)(=O)C1. The Morgan fingerprint density at radius 2 is 1.96 bits per heavy atom. The summed E-state index contributed by atoms with van der Waals surface area (Å²) in [7, 11) is -3.11. The second kappa shape index (κ2) is 8.70. The first-order chi connectivity index (χ1) is 12.2. The first kappa shape index (κ1) is 20.5. The number of hydrogen-bond donors (Lipinski definition) is 2. The Labute approximate surface area is 160 Å². The Hall–Kier alpha value is -1.84. The molecule has 1 fully saturated rings. The smallest absolute Gasteiger partial charge is 0.325 e. The summed E-state index contributed by atoms with van der Waals surface area (Å²) in [5.41, 5.74) is 0.143. The number of amides is 2. The number of sulfone groups is 1. The average Bonchev–Trinajstić information content (AvgIpc) is 2.89. The van der Waals surface area contributed by atoms with Crippen molar-refractivity contribution in [2.45, 2.75) is 12.5 Å². The Balaban J connectivity index is 1.71. The Bertz CT molecular complexity index is 827. The predicted molar refractivity (Wildman–Crippen MR) is 95.0 cm³/mol. The number of esters is 1. The van der Waals surface area contributed by atoms with Crippen LogP contribution >= 0.6 is 23.2 Å². The van der Waals surface area contributed by atoms with Crippen molar-refractivity contribution in [1.82, 2.24) is 10.6 Å². The highest BCUT2D eigenvalue weighted by Crippen LogP contribution is 2.20. The lowest BCUT2D eigenvalue weighted by molar-refractivity contribution is -0.147. The molecule has 1 aliphatic heterocycles. The van der Waals surface area contributed by atoms with E-state index in [9.17, 15) is 22.8 Å². The first-order valence-corrected chi connectivity index (χ1v) is 10.1. The summed E-state index contributed by atoms with van der Waals surface area (Å²) in [6.45, 7) is -1.02. The van der Waals surface area contributed by atoms with Gasteiger partial charge in [0.15, 0.2) is 16.4 Å². The minimum Gasteiger partial charge on any atom is -0.454 e. The van der Waals surface area contributed by atoms with Crippen LogP contribution in [0.4, 0.5) is 0 Å². The van der Waals surface area contributed by atoms with E-state index in [2.05, 4.69) is 10.6 Å². The second-order valence-corrected chi connectivity index (χ2v) is 8.71. The van der Waals surface area contributed by atoms with Gasteiger partial charge in [0.1, 0.15) is 6.54 Å². The van der Waals surface area contributed by atoms with Gasteiger partial charge in [-0.05, 0) is 24.6 Å². The first-order valence-electron chi connectivity index (χ1n) is 7.55. The number of nitrogens with one attached hydrogen (secondary N) is 2. The fraction of sp³-hybridized carbons (Fsp3) is 0.400. The van der Waals surface area contributed by atoms with Crippen LogP contribution < -0.4 is 10.6 Å². The number of carbonyl (C=O) groups is 3. The van der Waals surface area contributed by atoms with Crippen molar-refractivity contribution in [3.63, 3.8) is 0 Å². The van der Waals surface area contributed by atoms with Crippen LogP contribution in [0.25, 0.3) is 0 Å². The summed E-state index contributed by atoms with van der Waals surface area (Å²) < 4.78 is 27.3. The van der Waals surface area contributed by atoms with Gasteiger partial charge in [-0.2, -0.15) is 0 Å². The number of benzene rings is 1. The number of rotatable bonds is 6. The molecule has 11 heteroatoms. The van der Waals surface area contributed by atoms with Crippen molar-refractivity contribution < 1.29 is 27.5 Å². The van der Waals surface area contributed by atoms with E-state index in [1.807, 2.05) is 0 Å². The molecule has 0 aliphatic carbocycles. The maximum atomic E-state index is 11.9. The van der Waals surface area contributed by atoms with Crippen molar-refractivity contribution in [3.05, 3.63) is 33.8 Å². The molecule has 0 aromatic heterocycles. The van der Waals surface area contributed by atoms with Crippen LogP contribution in [0.2, 0.25) is 10.0 Å². The lowest BCUT2D eigenvalue weighted by Crippen LogP contribution is -2.39. The van der Waals surface area contributed by atoms with Gasteiger partial charge in [0.05, 0.1) is 22.1 Å². The van der Waals surface area contributed by atoms with Gasteiger partial charge in [0.2, 0.25) is 0 Å². The van der Waals surface area contributed by atoms with E-state index in [-0.39, 0.29) is 22.1 Å². The third-order valence-electron chi connectivity index (χ3n) is 3.53. The van der Waals surface area contributed by atoms with Crippen LogP contribution in [-0.2, 0) is 24.2 Å². The molecule has 0 spiro atoms. The van der Waals surface area contributed by atoms with Gasteiger partial charge in [-0.15, -0.1) is 0 Å². The van der Waals surface area contributed by atoms with Gasteiger partial charge < -0.3 is 15.4 Å². The molecule has 2 N–H and O–H groups in total. The normalized spacial score (nSPS) is 18.2. The summed E-state index contributed by atoms with van der Waals surface area (Å²) in [5, 5.41) is 5.30. The summed E-state index contributed by atoms with van der Waals surface area (Å²) >= 11 is 11.6. The molecule has 142 valence electrons. The van der Waals surface area contributed by atoms with Crippen LogP contribution in [0.5, 0.6) is 0 Å². The minimum absolute atomic E-state index is 0.0248. The van der Waals surface area contributed by atoms with Crippen molar-refractivity contribution in [2.75, 3.05) is 24.7 Å². The zero-order valence-electron chi connectivity index (χ0n) is 13.5. The monoisotopic (exact) mass is 422 g/mol. The maximum absolute atomic E-state index is 11.9. The molecule has 26 heavy (non-hydrogen) atoms. The molecule has 0 radical (unpaired) electrons. The zero-order chi connectivity index (χ0) is 19.3. The van der Waals surface area contributed by atoms with E-state index in [1.165, 1.54) is 18.2 Å². The summed E-state index contributed by atoms with van der Waals surface area (Å²) in [4.78, 5) is 35.2. The molecular formula is C15H16Cl2N2O6S. The molecule has 0 unspecified atom stereocenters. The largest absolute Gasteiger partial charge is 0.454 e. The Kier molecular flexibility index (Phi) is 6.85. The molecule has 1 saturated heterocycles. The standard InChI is InChI=1S/C15H16Cl2N2O6S/c16-9-1-2-11(12(17)5-9)15(22)18-6-14(21)25-7-13(20)19-10-3-4-26(23,24)8-10/h1-2,5,10H,3-4,6-8H2,(H,18,22)(H,19,20)/t10-/m0/s1. The number of carbonyl (C=O) groups excluding carboxylic acids is 3. The van der Waals surface area contributed by atoms with Crippen LogP contribution in [0, 0.1) is 0 Å². The summed E-state index contributed by atoms with van der Waals surface area (Å²) in [6.07, 6.45) is 0.333. The van der Waals surface area contributed by atoms with Crippen molar-refractivity contribution in [1.29, 1.82) is 0 Å². The highest BCUT2D eigenvalue weighted by molar-refractivity contribution is 7.91. The van der Waals surface area contributed by atoms with Gasteiger partial charge in [0.25, 0.3) is 11.8 Å². The molecule has 1 atom stereocenters. The van der Waals surface area contributed by atoms with E-state index < -0.39 is 46.8 Å². The number of halogens is 2. The molecule has 2 amide bonds. The number of hydrogen-bond acceptors (Lipinski definition) is 6. The fourth-order valence-corrected chi connectivity index (χ4v) is 4.46. The lowest BCUT2D eigenvalue weighted by atomic mass is 10.2. The molecule has 1 aromatic carbocycles.